The number of carbonyl (C=O) groups excluding carboxylic acids is 1. The van der Waals surface area contributed by atoms with E-state index in [4.69, 9.17) is 5.26 Å². The van der Waals surface area contributed by atoms with Gasteiger partial charge in [-0.2, -0.15) is 5.26 Å². The molecule has 0 bridgehead atoms. The van der Waals surface area contributed by atoms with Crippen LogP contribution in [0, 0.1) is 18.3 Å². The van der Waals surface area contributed by atoms with Gasteiger partial charge in [0.25, 0.3) is 0 Å². The van der Waals surface area contributed by atoms with Crippen LogP contribution in [0.4, 0.5) is 4.79 Å². The van der Waals surface area contributed by atoms with Crippen LogP contribution in [0.2, 0.25) is 0 Å². The number of hydrogen-bond donors (Lipinski definition) is 2. The Morgan fingerprint density at radius 3 is 2.65 bits per heavy atom. The van der Waals surface area contributed by atoms with Crippen molar-refractivity contribution in [2.45, 2.75) is 19.9 Å². The summed E-state index contributed by atoms with van der Waals surface area (Å²) < 4.78 is 0. The maximum Gasteiger partial charge on any atom is 0.317 e. The lowest BCUT2D eigenvalue weighted by molar-refractivity contribution is 0.207. The van der Waals surface area contributed by atoms with Gasteiger partial charge >= 0.3 is 6.03 Å². The molecule has 3 aromatic rings. The molecule has 2 aromatic carbocycles. The SMILES string of the molecule is Cc1[nH]c2ccccc2c1CCNC(=O)N(C)Cc1ccc(C#N)cc1. The van der Waals surface area contributed by atoms with E-state index in [2.05, 4.69) is 35.4 Å². The largest absolute Gasteiger partial charge is 0.358 e. The molecule has 0 saturated carbocycles. The normalized spacial score (nSPS) is 10.5. The van der Waals surface area contributed by atoms with Crippen LogP contribution in [-0.4, -0.2) is 29.5 Å². The van der Waals surface area contributed by atoms with Crippen LogP contribution in [0.1, 0.15) is 22.4 Å². The molecule has 0 fully saturated rings. The first kappa shape index (κ1) is 17.6. The standard InChI is InChI=1S/C21H22N4O/c1-15-18(19-5-3-4-6-20(19)24-15)11-12-23-21(26)25(2)14-17-9-7-16(13-22)8-10-17/h3-10,24H,11-12,14H2,1-2H3,(H,23,26). The van der Waals surface area contributed by atoms with Crippen molar-refractivity contribution in [3.05, 3.63) is 70.9 Å². The number of rotatable bonds is 5. The van der Waals surface area contributed by atoms with Gasteiger partial charge in [0.1, 0.15) is 0 Å². The smallest absolute Gasteiger partial charge is 0.317 e. The fourth-order valence-corrected chi connectivity index (χ4v) is 3.12. The van der Waals surface area contributed by atoms with Crippen molar-refractivity contribution in [3.8, 4) is 6.07 Å². The Bertz CT molecular complexity index is 950. The number of carbonyl (C=O) groups is 1. The molecule has 2 N–H and O–H groups in total. The van der Waals surface area contributed by atoms with Gasteiger partial charge in [0.2, 0.25) is 0 Å². The Kier molecular flexibility index (Phi) is 5.23. The highest BCUT2D eigenvalue weighted by Crippen LogP contribution is 2.21. The minimum atomic E-state index is -0.105. The second-order valence-electron chi connectivity index (χ2n) is 6.42. The molecular formula is C21H22N4O. The number of hydrogen-bond acceptors (Lipinski definition) is 2. The molecule has 1 heterocycles. The van der Waals surface area contributed by atoms with Gasteiger partial charge in [-0.1, -0.05) is 30.3 Å². The lowest BCUT2D eigenvalue weighted by Crippen LogP contribution is -2.37. The van der Waals surface area contributed by atoms with E-state index in [-0.39, 0.29) is 6.03 Å². The minimum Gasteiger partial charge on any atom is -0.358 e. The summed E-state index contributed by atoms with van der Waals surface area (Å²) in [5, 5.41) is 13.0. The van der Waals surface area contributed by atoms with Crippen molar-refractivity contribution < 1.29 is 4.79 Å². The fourth-order valence-electron chi connectivity index (χ4n) is 3.12. The van der Waals surface area contributed by atoms with Crippen LogP contribution in [0.3, 0.4) is 0 Å². The van der Waals surface area contributed by atoms with E-state index < -0.39 is 0 Å². The molecule has 0 radical (unpaired) electrons. The molecule has 0 spiro atoms. The van der Waals surface area contributed by atoms with E-state index in [1.165, 1.54) is 10.9 Å². The van der Waals surface area contributed by atoms with E-state index in [1.54, 1.807) is 24.1 Å². The molecular weight excluding hydrogens is 324 g/mol. The number of nitrogens with one attached hydrogen (secondary N) is 2. The van der Waals surface area contributed by atoms with E-state index in [1.807, 2.05) is 24.3 Å². The summed E-state index contributed by atoms with van der Waals surface area (Å²) in [6, 6.07) is 17.5. The maximum absolute atomic E-state index is 12.3. The third-order valence-electron chi connectivity index (χ3n) is 4.53. The lowest BCUT2D eigenvalue weighted by Gasteiger charge is -2.18. The number of urea groups is 1. The second kappa shape index (κ2) is 7.75. The molecule has 0 atom stereocenters. The van der Waals surface area contributed by atoms with Crippen molar-refractivity contribution in [2.24, 2.45) is 0 Å². The topological polar surface area (TPSA) is 71.9 Å². The van der Waals surface area contributed by atoms with Crippen molar-refractivity contribution in [3.63, 3.8) is 0 Å². The number of para-hydroxylation sites is 1. The number of aromatic nitrogens is 1. The van der Waals surface area contributed by atoms with Gasteiger partial charge in [0.15, 0.2) is 0 Å². The van der Waals surface area contributed by atoms with Gasteiger partial charge in [-0.25, -0.2) is 4.79 Å². The third kappa shape index (κ3) is 3.86. The number of aromatic amines is 1. The van der Waals surface area contributed by atoms with Gasteiger partial charge in [0.05, 0.1) is 11.6 Å². The highest BCUT2D eigenvalue weighted by atomic mass is 16.2. The molecule has 3 rings (SSSR count). The van der Waals surface area contributed by atoms with E-state index in [9.17, 15) is 4.79 Å². The Morgan fingerprint density at radius 1 is 1.19 bits per heavy atom. The monoisotopic (exact) mass is 346 g/mol. The zero-order valence-electron chi connectivity index (χ0n) is 15.0. The number of benzene rings is 2. The summed E-state index contributed by atoms with van der Waals surface area (Å²) in [6.07, 6.45) is 0.784. The van der Waals surface area contributed by atoms with Crippen LogP contribution in [0.5, 0.6) is 0 Å². The number of H-pyrrole nitrogens is 1. The molecule has 0 aliphatic heterocycles. The van der Waals surface area contributed by atoms with Crippen LogP contribution >= 0.6 is 0 Å². The number of nitriles is 1. The van der Waals surface area contributed by atoms with E-state index in [0.717, 1.165) is 23.2 Å². The van der Waals surface area contributed by atoms with Crippen molar-refractivity contribution in [1.82, 2.24) is 15.2 Å². The third-order valence-corrected chi connectivity index (χ3v) is 4.53. The predicted molar refractivity (Wildman–Crippen MR) is 103 cm³/mol. The quantitative estimate of drug-likeness (QED) is 0.739. The van der Waals surface area contributed by atoms with Crippen molar-refractivity contribution >= 4 is 16.9 Å². The Balaban J connectivity index is 1.54. The number of nitrogens with zero attached hydrogens (tertiary/aromatic N) is 2. The van der Waals surface area contributed by atoms with Crippen LogP contribution in [-0.2, 0) is 13.0 Å². The summed E-state index contributed by atoms with van der Waals surface area (Å²) in [5.74, 6) is 0. The van der Waals surface area contributed by atoms with Crippen LogP contribution in [0.25, 0.3) is 10.9 Å². The zero-order valence-corrected chi connectivity index (χ0v) is 15.0. The van der Waals surface area contributed by atoms with E-state index in [0.29, 0.717) is 18.7 Å². The van der Waals surface area contributed by atoms with Gasteiger partial charge < -0.3 is 15.2 Å². The van der Waals surface area contributed by atoms with Crippen LogP contribution in [0.15, 0.2) is 48.5 Å². The van der Waals surface area contributed by atoms with Crippen molar-refractivity contribution in [1.29, 1.82) is 5.26 Å². The Hall–Kier alpha value is -3.26. The molecule has 26 heavy (non-hydrogen) atoms. The summed E-state index contributed by atoms with van der Waals surface area (Å²) in [5.41, 5.74) is 5.13. The first-order valence-corrected chi connectivity index (χ1v) is 8.62. The first-order valence-electron chi connectivity index (χ1n) is 8.62. The number of amides is 2. The Labute approximate surface area is 153 Å². The van der Waals surface area contributed by atoms with Gasteiger partial charge in [-0.15, -0.1) is 0 Å². The second-order valence-corrected chi connectivity index (χ2v) is 6.42. The highest BCUT2D eigenvalue weighted by Gasteiger charge is 2.11. The molecule has 0 saturated heterocycles. The number of fused-ring (bicyclic) bond motifs is 1. The molecule has 5 heteroatoms. The Morgan fingerprint density at radius 2 is 1.92 bits per heavy atom. The van der Waals surface area contributed by atoms with Crippen LogP contribution < -0.4 is 5.32 Å². The fraction of sp³-hybridized carbons (Fsp3) is 0.238. The predicted octanol–water partition coefficient (Wildman–Crippen LogP) is 3.73. The van der Waals surface area contributed by atoms with Gasteiger partial charge in [-0.3, -0.25) is 0 Å². The highest BCUT2D eigenvalue weighted by molar-refractivity contribution is 5.84. The average molecular weight is 346 g/mol. The number of aryl methyl sites for hydroxylation is 1. The minimum absolute atomic E-state index is 0.105. The summed E-state index contributed by atoms with van der Waals surface area (Å²) in [7, 11) is 1.77. The van der Waals surface area contributed by atoms with Crippen molar-refractivity contribution in [2.75, 3.05) is 13.6 Å². The molecule has 5 nitrogen and oxygen atoms in total. The lowest BCUT2D eigenvalue weighted by atomic mass is 10.1. The average Bonchev–Trinajstić information content (AvgIpc) is 2.97. The first-order chi connectivity index (χ1) is 12.6. The molecule has 0 aliphatic carbocycles. The molecule has 2 amide bonds. The zero-order chi connectivity index (χ0) is 18.5. The van der Waals surface area contributed by atoms with Gasteiger partial charge in [0, 0.05) is 36.7 Å². The van der Waals surface area contributed by atoms with Gasteiger partial charge in [-0.05, 0) is 42.7 Å². The summed E-state index contributed by atoms with van der Waals surface area (Å²) >= 11 is 0. The maximum atomic E-state index is 12.3. The summed E-state index contributed by atoms with van der Waals surface area (Å²) in [6.45, 7) is 3.15. The van der Waals surface area contributed by atoms with E-state index >= 15 is 0 Å². The molecule has 1 aromatic heterocycles. The molecule has 132 valence electrons. The summed E-state index contributed by atoms with van der Waals surface area (Å²) in [4.78, 5) is 17.3. The molecule has 0 aliphatic rings. The molecule has 0 unspecified atom stereocenters.